The van der Waals surface area contributed by atoms with Gasteiger partial charge in [0, 0.05) is 15.4 Å². The van der Waals surface area contributed by atoms with Gasteiger partial charge < -0.3 is 9.47 Å². The summed E-state index contributed by atoms with van der Waals surface area (Å²) >= 11 is 11.3. The van der Waals surface area contributed by atoms with E-state index in [0.29, 0.717) is 28.3 Å². The van der Waals surface area contributed by atoms with Crippen molar-refractivity contribution in [1.82, 2.24) is 4.98 Å². The molecule has 2 atom stereocenters. The Kier molecular flexibility index (Phi) is 4.82. The fraction of sp³-hybridized carbons (Fsp3) is 0.250. The second-order valence-corrected chi connectivity index (χ2v) is 8.92. The molecule has 4 rings (SSSR count). The van der Waals surface area contributed by atoms with Gasteiger partial charge in [-0.1, -0.05) is 33.6 Å². The van der Waals surface area contributed by atoms with Crippen LogP contribution in [0.2, 0.25) is 5.02 Å². The number of hydrogen-bond acceptors (Lipinski definition) is 6. The molecule has 2 aromatic carbocycles. The Morgan fingerprint density at radius 1 is 1.39 bits per heavy atom. The Labute approximate surface area is 179 Å². The van der Waals surface area contributed by atoms with Gasteiger partial charge in [-0.3, -0.25) is 0 Å². The molecule has 28 heavy (non-hydrogen) atoms. The third kappa shape index (κ3) is 2.96. The predicted molar refractivity (Wildman–Crippen MR) is 111 cm³/mol. The van der Waals surface area contributed by atoms with Crippen LogP contribution in [0.5, 0.6) is 5.75 Å². The molecular formula is C20H14BrClN2O3S. The number of fused-ring (bicyclic) bond motifs is 1. The number of methoxy groups -OCH3 is 2. The molecular weight excluding hydrogens is 464 g/mol. The van der Waals surface area contributed by atoms with E-state index in [-0.39, 0.29) is 5.92 Å². The van der Waals surface area contributed by atoms with Crippen LogP contribution < -0.4 is 4.74 Å². The number of nitriles is 1. The van der Waals surface area contributed by atoms with Crippen LogP contribution in [-0.2, 0) is 10.2 Å². The summed E-state index contributed by atoms with van der Waals surface area (Å²) in [5.74, 6) is 0.0136. The van der Waals surface area contributed by atoms with Crippen molar-refractivity contribution in [3.05, 3.63) is 56.0 Å². The summed E-state index contributed by atoms with van der Waals surface area (Å²) in [5, 5.41) is 11.3. The number of esters is 1. The SMILES string of the molecule is COC(=O)c1cc(OC)c2nc(C3CC3(C#N)c3ccc(Br)cc3Cl)sc2c1. The number of carbonyl (C=O) groups is 1. The molecule has 1 aliphatic rings. The normalized spacial score (nSPS) is 20.6. The Hall–Kier alpha value is -2.14. The van der Waals surface area contributed by atoms with Gasteiger partial charge in [0.2, 0.25) is 0 Å². The highest BCUT2D eigenvalue weighted by atomic mass is 79.9. The molecule has 0 saturated heterocycles. The third-order valence-electron chi connectivity index (χ3n) is 4.99. The summed E-state index contributed by atoms with van der Waals surface area (Å²) in [4.78, 5) is 16.6. The topological polar surface area (TPSA) is 72.2 Å². The monoisotopic (exact) mass is 476 g/mol. The molecule has 0 bridgehead atoms. The van der Waals surface area contributed by atoms with Gasteiger partial charge >= 0.3 is 5.97 Å². The lowest BCUT2D eigenvalue weighted by Gasteiger charge is -2.10. The quantitative estimate of drug-likeness (QED) is 0.467. The standard InChI is InChI=1S/C20H14BrClN2O3S/c1-26-15-5-10(19(25)27-2)6-16-17(15)24-18(28-16)13-8-20(13,9-23)12-4-3-11(21)7-14(12)22/h3-7,13H,8H2,1-2H3. The molecule has 3 aromatic rings. The van der Waals surface area contributed by atoms with Crippen LogP contribution in [-0.4, -0.2) is 25.2 Å². The predicted octanol–water partition coefficient (Wildman–Crippen LogP) is 5.46. The zero-order valence-electron chi connectivity index (χ0n) is 15.0. The van der Waals surface area contributed by atoms with E-state index in [2.05, 4.69) is 22.0 Å². The minimum Gasteiger partial charge on any atom is -0.494 e. The zero-order chi connectivity index (χ0) is 20.1. The molecule has 0 radical (unpaired) electrons. The van der Waals surface area contributed by atoms with Crippen LogP contribution in [0.15, 0.2) is 34.8 Å². The number of rotatable bonds is 4. The van der Waals surface area contributed by atoms with Crippen LogP contribution in [0.25, 0.3) is 10.2 Å². The number of ether oxygens (including phenoxy) is 2. The van der Waals surface area contributed by atoms with Crippen molar-refractivity contribution >= 4 is 55.1 Å². The van der Waals surface area contributed by atoms with Gasteiger partial charge in [-0.05, 0) is 36.2 Å². The van der Waals surface area contributed by atoms with Gasteiger partial charge in [-0.25, -0.2) is 9.78 Å². The van der Waals surface area contributed by atoms with Crippen LogP contribution in [0, 0.1) is 11.3 Å². The maximum absolute atomic E-state index is 11.9. The average molecular weight is 478 g/mol. The third-order valence-corrected chi connectivity index (χ3v) is 6.91. The molecule has 8 heteroatoms. The summed E-state index contributed by atoms with van der Waals surface area (Å²) in [7, 11) is 2.87. The molecule has 0 spiro atoms. The highest BCUT2D eigenvalue weighted by Gasteiger charge is 2.59. The number of aromatic nitrogens is 1. The van der Waals surface area contributed by atoms with E-state index < -0.39 is 11.4 Å². The summed E-state index contributed by atoms with van der Waals surface area (Å²) in [6.07, 6.45) is 0.650. The summed E-state index contributed by atoms with van der Waals surface area (Å²) < 4.78 is 11.9. The fourth-order valence-electron chi connectivity index (χ4n) is 3.45. The molecule has 1 aromatic heterocycles. The fourth-order valence-corrected chi connectivity index (χ4v) is 5.51. The highest BCUT2D eigenvalue weighted by molar-refractivity contribution is 9.10. The van der Waals surface area contributed by atoms with Gasteiger partial charge in [0.1, 0.15) is 11.3 Å². The summed E-state index contributed by atoms with van der Waals surface area (Å²) in [5.41, 5.74) is 1.20. The first-order valence-electron chi connectivity index (χ1n) is 8.37. The van der Waals surface area contributed by atoms with E-state index >= 15 is 0 Å². The van der Waals surface area contributed by atoms with Crippen LogP contribution in [0.3, 0.4) is 0 Å². The molecule has 1 aliphatic carbocycles. The number of halogens is 2. The smallest absolute Gasteiger partial charge is 0.338 e. The Morgan fingerprint density at radius 2 is 2.18 bits per heavy atom. The first-order valence-corrected chi connectivity index (χ1v) is 10.4. The average Bonchev–Trinajstić information content (AvgIpc) is 3.28. The van der Waals surface area contributed by atoms with Gasteiger partial charge in [-0.2, -0.15) is 5.26 Å². The van der Waals surface area contributed by atoms with Gasteiger partial charge in [-0.15, -0.1) is 11.3 Å². The minimum absolute atomic E-state index is 0.0557. The van der Waals surface area contributed by atoms with E-state index in [0.717, 1.165) is 19.7 Å². The van der Waals surface area contributed by atoms with Gasteiger partial charge in [0.15, 0.2) is 0 Å². The Balaban J connectivity index is 1.78. The summed E-state index contributed by atoms with van der Waals surface area (Å²) in [6, 6.07) is 11.4. The van der Waals surface area contributed by atoms with Gasteiger partial charge in [0.05, 0.1) is 41.0 Å². The molecule has 1 fully saturated rings. The second kappa shape index (κ2) is 7.03. The minimum atomic E-state index is -0.690. The van der Waals surface area contributed by atoms with Crippen molar-refractivity contribution in [2.45, 2.75) is 17.8 Å². The molecule has 0 aliphatic heterocycles. The molecule has 0 amide bonds. The van der Waals surface area contributed by atoms with Crippen molar-refractivity contribution < 1.29 is 14.3 Å². The van der Waals surface area contributed by atoms with Crippen LogP contribution >= 0.6 is 38.9 Å². The Bertz CT molecular complexity index is 1160. The van der Waals surface area contributed by atoms with Crippen molar-refractivity contribution in [3.8, 4) is 11.8 Å². The molecule has 0 N–H and O–H groups in total. The number of benzene rings is 2. The number of thiazole rings is 1. The molecule has 2 unspecified atom stereocenters. The van der Waals surface area contributed by atoms with E-state index in [1.807, 2.05) is 12.1 Å². The first-order chi connectivity index (χ1) is 13.4. The highest BCUT2D eigenvalue weighted by Crippen LogP contribution is 2.62. The van der Waals surface area contributed by atoms with E-state index in [4.69, 9.17) is 26.1 Å². The largest absolute Gasteiger partial charge is 0.494 e. The maximum Gasteiger partial charge on any atom is 0.338 e. The van der Waals surface area contributed by atoms with E-state index in [9.17, 15) is 10.1 Å². The van der Waals surface area contributed by atoms with Gasteiger partial charge in [0.25, 0.3) is 0 Å². The van der Waals surface area contributed by atoms with Crippen LogP contribution in [0.4, 0.5) is 0 Å². The molecule has 142 valence electrons. The lowest BCUT2D eigenvalue weighted by Crippen LogP contribution is -2.07. The molecule has 5 nitrogen and oxygen atoms in total. The van der Waals surface area contributed by atoms with E-state index in [1.165, 1.54) is 25.6 Å². The zero-order valence-corrected chi connectivity index (χ0v) is 18.1. The lowest BCUT2D eigenvalue weighted by molar-refractivity contribution is 0.0600. The van der Waals surface area contributed by atoms with Crippen molar-refractivity contribution in [2.24, 2.45) is 0 Å². The van der Waals surface area contributed by atoms with Crippen LogP contribution in [0.1, 0.15) is 33.3 Å². The van der Waals surface area contributed by atoms with Crippen molar-refractivity contribution in [1.29, 1.82) is 5.26 Å². The number of nitrogens with zero attached hydrogens (tertiary/aromatic N) is 2. The summed E-state index contributed by atoms with van der Waals surface area (Å²) in [6.45, 7) is 0. The number of hydrogen-bond donors (Lipinski definition) is 0. The molecule has 1 heterocycles. The maximum atomic E-state index is 11.9. The Morgan fingerprint density at radius 3 is 2.82 bits per heavy atom. The second-order valence-electron chi connectivity index (χ2n) is 6.53. The first kappa shape index (κ1) is 19.2. The lowest BCUT2D eigenvalue weighted by atomic mass is 9.95. The van der Waals surface area contributed by atoms with Crippen molar-refractivity contribution in [3.63, 3.8) is 0 Å². The number of carbonyl (C=O) groups excluding carboxylic acids is 1. The molecule has 1 saturated carbocycles. The van der Waals surface area contributed by atoms with E-state index in [1.54, 1.807) is 18.2 Å². The van der Waals surface area contributed by atoms with Crippen molar-refractivity contribution in [2.75, 3.05) is 14.2 Å².